The molecular weight excluding hydrogens is 204 g/mol. The van der Waals surface area contributed by atoms with Gasteiger partial charge in [0.2, 0.25) is 5.91 Å². The molecule has 94 valence electrons. The second kappa shape index (κ2) is 7.63. The standard InChI is InChI=1S/C12H24N2O2/c1-3-10(4-2)13-9-12(15)14-11-5-7-16-8-6-11/h10-11,13H,3-9H2,1-2H3,(H,14,15). The molecule has 4 nitrogen and oxygen atoms in total. The lowest BCUT2D eigenvalue weighted by Crippen LogP contribution is -2.44. The molecule has 0 aromatic heterocycles. The first kappa shape index (κ1) is 13.5. The highest BCUT2D eigenvalue weighted by molar-refractivity contribution is 5.78. The fourth-order valence-electron chi connectivity index (χ4n) is 1.94. The van der Waals surface area contributed by atoms with Gasteiger partial charge in [-0.25, -0.2) is 0 Å². The van der Waals surface area contributed by atoms with Gasteiger partial charge < -0.3 is 15.4 Å². The molecule has 4 heteroatoms. The Morgan fingerprint density at radius 1 is 1.31 bits per heavy atom. The maximum absolute atomic E-state index is 11.6. The molecule has 1 rings (SSSR count). The molecule has 0 aromatic rings. The van der Waals surface area contributed by atoms with Crippen molar-refractivity contribution in [2.45, 2.75) is 51.6 Å². The highest BCUT2D eigenvalue weighted by atomic mass is 16.5. The Bertz CT molecular complexity index is 199. The van der Waals surface area contributed by atoms with Gasteiger partial charge in [0.15, 0.2) is 0 Å². The van der Waals surface area contributed by atoms with Gasteiger partial charge in [-0.15, -0.1) is 0 Å². The first-order valence-electron chi connectivity index (χ1n) is 6.36. The Hall–Kier alpha value is -0.610. The minimum Gasteiger partial charge on any atom is -0.381 e. The van der Waals surface area contributed by atoms with Gasteiger partial charge in [0.05, 0.1) is 6.54 Å². The van der Waals surface area contributed by atoms with E-state index in [0.29, 0.717) is 18.6 Å². The van der Waals surface area contributed by atoms with Crippen molar-refractivity contribution in [1.29, 1.82) is 0 Å². The van der Waals surface area contributed by atoms with Crippen LogP contribution in [0.2, 0.25) is 0 Å². The summed E-state index contributed by atoms with van der Waals surface area (Å²) in [5, 5.41) is 6.31. The maximum Gasteiger partial charge on any atom is 0.234 e. The molecule has 0 bridgehead atoms. The third-order valence-electron chi connectivity index (χ3n) is 3.12. The van der Waals surface area contributed by atoms with Crippen molar-refractivity contribution in [3.05, 3.63) is 0 Å². The summed E-state index contributed by atoms with van der Waals surface area (Å²) in [6, 6.07) is 0.769. The van der Waals surface area contributed by atoms with Crippen molar-refractivity contribution in [3.63, 3.8) is 0 Å². The Morgan fingerprint density at radius 2 is 1.94 bits per heavy atom. The number of amides is 1. The zero-order chi connectivity index (χ0) is 11.8. The van der Waals surface area contributed by atoms with E-state index in [-0.39, 0.29) is 5.91 Å². The van der Waals surface area contributed by atoms with E-state index in [1.807, 2.05) is 0 Å². The summed E-state index contributed by atoms with van der Waals surface area (Å²) in [7, 11) is 0. The van der Waals surface area contributed by atoms with Gasteiger partial charge >= 0.3 is 0 Å². The van der Waals surface area contributed by atoms with Gasteiger partial charge in [-0.3, -0.25) is 4.79 Å². The van der Waals surface area contributed by atoms with Crippen molar-refractivity contribution < 1.29 is 9.53 Å². The minimum atomic E-state index is 0.110. The van der Waals surface area contributed by atoms with E-state index < -0.39 is 0 Å². The molecule has 0 saturated carbocycles. The lowest BCUT2D eigenvalue weighted by atomic mass is 10.1. The number of hydrogen-bond donors (Lipinski definition) is 2. The smallest absolute Gasteiger partial charge is 0.234 e. The van der Waals surface area contributed by atoms with Gasteiger partial charge in [-0.1, -0.05) is 13.8 Å². The predicted molar refractivity (Wildman–Crippen MR) is 64.4 cm³/mol. The number of hydrogen-bond acceptors (Lipinski definition) is 3. The summed E-state index contributed by atoms with van der Waals surface area (Å²) in [4.78, 5) is 11.6. The number of carbonyl (C=O) groups is 1. The second-order valence-electron chi connectivity index (χ2n) is 4.35. The summed E-state index contributed by atoms with van der Waals surface area (Å²) in [5.74, 6) is 0.110. The Labute approximate surface area is 98.1 Å². The molecular formula is C12H24N2O2. The molecule has 1 saturated heterocycles. The molecule has 1 aliphatic heterocycles. The van der Waals surface area contributed by atoms with Crippen LogP contribution in [0, 0.1) is 0 Å². The molecule has 1 heterocycles. The molecule has 0 unspecified atom stereocenters. The third kappa shape index (κ3) is 4.94. The van der Waals surface area contributed by atoms with Crippen LogP contribution in [0.4, 0.5) is 0 Å². The molecule has 0 atom stereocenters. The Kier molecular flexibility index (Phi) is 6.42. The first-order chi connectivity index (χ1) is 7.76. The van der Waals surface area contributed by atoms with E-state index in [4.69, 9.17) is 4.74 Å². The number of rotatable bonds is 6. The van der Waals surface area contributed by atoms with Crippen LogP contribution in [0.25, 0.3) is 0 Å². The molecule has 0 aliphatic carbocycles. The Morgan fingerprint density at radius 3 is 2.50 bits per heavy atom. The van der Waals surface area contributed by atoms with E-state index in [1.54, 1.807) is 0 Å². The van der Waals surface area contributed by atoms with Crippen molar-refractivity contribution in [3.8, 4) is 0 Å². The maximum atomic E-state index is 11.6. The number of carbonyl (C=O) groups excluding carboxylic acids is 1. The van der Waals surface area contributed by atoms with E-state index in [2.05, 4.69) is 24.5 Å². The molecule has 1 fully saturated rings. The first-order valence-corrected chi connectivity index (χ1v) is 6.36. The predicted octanol–water partition coefficient (Wildman–Crippen LogP) is 1.06. The van der Waals surface area contributed by atoms with E-state index in [9.17, 15) is 4.79 Å². The summed E-state index contributed by atoms with van der Waals surface area (Å²) in [6.45, 7) is 6.24. The summed E-state index contributed by atoms with van der Waals surface area (Å²) in [5.41, 5.74) is 0. The van der Waals surface area contributed by atoms with Crippen LogP contribution in [-0.4, -0.2) is 37.7 Å². The highest BCUT2D eigenvalue weighted by Gasteiger charge is 2.16. The minimum absolute atomic E-state index is 0.110. The monoisotopic (exact) mass is 228 g/mol. The van der Waals surface area contributed by atoms with Crippen LogP contribution in [0.15, 0.2) is 0 Å². The largest absolute Gasteiger partial charge is 0.381 e. The lowest BCUT2D eigenvalue weighted by Gasteiger charge is -2.23. The van der Waals surface area contributed by atoms with Crippen LogP contribution in [-0.2, 0) is 9.53 Å². The highest BCUT2D eigenvalue weighted by Crippen LogP contribution is 2.05. The fourth-order valence-corrected chi connectivity index (χ4v) is 1.94. The fraction of sp³-hybridized carbons (Fsp3) is 0.917. The van der Waals surface area contributed by atoms with E-state index in [0.717, 1.165) is 38.9 Å². The van der Waals surface area contributed by atoms with Gasteiger partial charge in [0.1, 0.15) is 0 Å². The number of nitrogens with one attached hydrogen (secondary N) is 2. The zero-order valence-corrected chi connectivity index (χ0v) is 10.4. The van der Waals surface area contributed by atoms with E-state index in [1.165, 1.54) is 0 Å². The van der Waals surface area contributed by atoms with Crippen molar-refractivity contribution >= 4 is 5.91 Å². The third-order valence-corrected chi connectivity index (χ3v) is 3.12. The van der Waals surface area contributed by atoms with Gasteiger partial charge in [-0.2, -0.15) is 0 Å². The van der Waals surface area contributed by atoms with Crippen molar-refractivity contribution in [2.75, 3.05) is 19.8 Å². The van der Waals surface area contributed by atoms with Gasteiger partial charge in [0, 0.05) is 25.3 Å². The second-order valence-corrected chi connectivity index (χ2v) is 4.35. The molecule has 2 N–H and O–H groups in total. The van der Waals surface area contributed by atoms with Gasteiger partial charge in [0.25, 0.3) is 0 Å². The molecule has 1 amide bonds. The Balaban J connectivity index is 2.14. The topological polar surface area (TPSA) is 50.4 Å². The molecule has 16 heavy (non-hydrogen) atoms. The SMILES string of the molecule is CCC(CC)NCC(=O)NC1CCOCC1. The lowest BCUT2D eigenvalue weighted by molar-refractivity contribution is -0.121. The van der Waals surface area contributed by atoms with E-state index >= 15 is 0 Å². The summed E-state index contributed by atoms with van der Waals surface area (Å²) in [6.07, 6.45) is 4.02. The molecule has 0 radical (unpaired) electrons. The van der Waals surface area contributed by atoms with Crippen LogP contribution in [0.3, 0.4) is 0 Å². The molecule has 0 spiro atoms. The summed E-state index contributed by atoms with van der Waals surface area (Å²) >= 11 is 0. The van der Waals surface area contributed by atoms with Crippen LogP contribution in [0.1, 0.15) is 39.5 Å². The average Bonchev–Trinajstić information content (AvgIpc) is 2.31. The van der Waals surface area contributed by atoms with Crippen LogP contribution >= 0.6 is 0 Å². The van der Waals surface area contributed by atoms with Crippen LogP contribution < -0.4 is 10.6 Å². The normalized spacial score (nSPS) is 17.7. The van der Waals surface area contributed by atoms with Crippen molar-refractivity contribution in [1.82, 2.24) is 10.6 Å². The molecule has 1 aliphatic rings. The van der Waals surface area contributed by atoms with Crippen LogP contribution in [0.5, 0.6) is 0 Å². The quantitative estimate of drug-likeness (QED) is 0.714. The zero-order valence-electron chi connectivity index (χ0n) is 10.4. The number of ether oxygens (including phenoxy) is 1. The van der Waals surface area contributed by atoms with Gasteiger partial charge in [-0.05, 0) is 25.7 Å². The van der Waals surface area contributed by atoms with Crippen molar-refractivity contribution in [2.24, 2.45) is 0 Å². The average molecular weight is 228 g/mol. The molecule has 0 aromatic carbocycles. The summed E-state index contributed by atoms with van der Waals surface area (Å²) < 4.78 is 5.25.